The monoisotopic (exact) mass is 279 g/mol. The number of likely N-dealkylation sites (tertiary alicyclic amines) is 1. The molecule has 19 heavy (non-hydrogen) atoms. The zero-order valence-corrected chi connectivity index (χ0v) is 11.5. The summed E-state index contributed by atoms with van der Waals surface area (Å²) in [6.07, 6.45) is 0. The lowest BCUT2D eigenvalue weighted by atomic mass is 10.0. The molecule has 102 valence electrons. The van der Waals surface area contributed by atoms with Crippen LogP contribution in [-0.2, 0) is 4.79 Å². The van der Waals surface area contributed by atoms with Crippen molar-refractivity contribution in [1.29, 1.82) is 0 Å². The van der Waals surface area contributed by atoms with Crippen LogP contribution >= 0.6 is 11.6 Å². The van der Waals surface area contributed by atoms with Crippen molar-refractivity contribution in [3.8, 4) is 0 Å². The number of halogens is 1. The van der Waals surface area contributed by atoms with E-state index in [4.69, 9.17) is 11.6 Å². The van der Waals surface area contributed by atoms with Crippen LogP contribution in [0.5, 0.6) is 0 Å². The molecule has 2 aliphatic rings. The highest BCUT2D eigenvalue weighted by atomic mass is 35.5. The Labute approximate surface area is 118 Å². The number of nitrogens with one attached hydrogen (secondary N) is 2. The number of hydrogen-bond acceptors (Lipinski definition) is 3. The molecule has 1 amide bonds. The van der Waals surface area contributed by atoms with Gasteiger partial charge in [-0.05, 0) is 49.2 Å². The van der Waals surface area contributed by atoms with E-state index in [1.165, 1.54) is 0 Å². The molecular formula is C14H18ClN3O. The zero-order chi connectivity index (χ0) is 13.2. The first-order chi connectivity index (χ1) is 9.20. The summed E-state index contributed by atoms with van der Waals surface area (Å²) in [5.41, 5.74) is 0.801. The normalized spacial score (nSPS) is 26.4. The zero-order valence-electron chi connectivity index (χ0n) is 10.7. The van der Waals surface area contributed by atoms with Gasteiger partial charge in [0, 0.05) is 23.8 Å². The second-order valence-electron chi connectivity index (χ2n) is 5.43. The Morgan fingerprint density at radius 3 is 2.53 bits per heavy atom. The molecule has 0 unspecified atom stereocenters. The van der Waals surface area contributed by atoms with Crippen LogP contribution in [0.15, 0.2) is 24.3 Å². The Balaban J connectivity index is 1.50. The SMILES string of the molecule is O=C(CN1C[C@H]2CNC[C@H]2C1)Nc1ccc(Cl)cc1. The molecule has 0 aliphatic carbocycles. The van der Waals surface area contributed by atoms with Crippen molar-refractivity contribution >= 4 is 23.2 Å². The number of fused-ring (bicyclic) bond motifs is 1. The van der Waals surface area contributed by atoms with Gasteiger partial charge in [0.1, 0.15) is 0 Å². The molecule has 1 aromatic rings. The van der Waals surface area contributed by atoms with E-state index in [-0.39, 0.29) is 5.91 Å². The minimum Gasteiger partial charge on any atom is -0.325 e. The van der Waals surface area contributed by atoms with Crippen molar-refractivity contribution in [3.63, 3.8) is 0 Å². The predicted molar refractivity (Wildman–Crippen MR) is 76.4 cm³/mol. The fourth-order valence-electron chi connectivity index (χ4n) is 3.02. The molecular weight excluding hydrogens is 262 g/mol. The molecule has 4 nitrogen and oxygen atoms in total. The van der Waals surface area contributed by atoms with Gasteiger partial charge in [0.15, 0.2) is 0 Å². The van der Waals surface area contributed by atoms with Crippen molar-refractivity contribution in [2.24, 2.45) is 11.8 Å². The number of rotatable bonds is 3. The largest absolute Gasteiger partial charge is 0.325 e. The lowest BCUT2D eigenvalue weighted by Gasteiger charge is -2.16. The summed E-state index contributed by atoms with van der Waals surface area (Å²) < 4.78 is 0. The predicted octanol–water partition coefficient (Wildman–Crippen LogP) is 1.43. The highest BCUT2D eigenvalue weighted by molar-refractivity contribution is 6.30. The van der Waals surface area contributed by atoms with Crippen LogP contribution < -0.4 is 10.6 Å². The van der Waals surface area contributed by atoms with E-state index in [0.29, 0.717) is 11.6 Å². The summed E-state index contributed by atoms with van der Waals surface area (Å²) in [6.45, 7) is 4.74. The maximum atomic E-state index is 12.0. The molecule has 2 heterocycles. The molecule has 0 aromatic heterocycles. The first-order valence-corrected chi connectivity index (χ1v) is 7.07. The van der Waals surface area contributed by atoms with Crippen LogP contribution in [0, 0.1) is 11.8 Å². The summed E-state index contributed by atoms with van der Waals surface area (Å²) in [4.78, 5) is 14.2. The lowest BCUT2D eigenvalue weighted by molar-refractivity contribution is -0.117. The van der Waals surface area contributed by atoms with Crippen molar-refractivity contribution in [2.75, 3.05) is 38.0 Å². The number of amides is 1. The van der Waals surface area contributed by atoms with E-state index in [9.17, 15) is 4.79 Å². The van der Waals surface area contributed by atoms with E-state index < -0.39 is 0 Å². The smallest absolute Gasteiger partial charge is 0.238 e. The van der Waals surface area contributed by atoms with Crippen LogP contribution in [-0.4, -0.2) is 43.5 Å². The number of hydrogen-bond donors (Lipinski definition) is 2. The molecule has 0 bridgehead atoms. The maximum Gasteiger partial charge on any atom is 0.238 e. The summed E-state index contributed by atoms with van der Waals surface area (Å²) in [6, 6.07) is 7.21. The number of anilines is 1. The van der Waals surface area contributed by atoms with Gasteiger partial charge in [-0.15, -0.1) is 0 Å². The second kappa shape index (κ2) is 5.49. The second-order valence-corrected chi connectivity index (χ2v) is 5.86. The first kappa shape index (κ1) is 12.9. The average Bonchev–Trinajstić information content (AvgIpc) is 2.92. The first-order valence-electron chi connectivity index (χ1n) is 6.69. The Morgan fingerprint density at radius 1 is 1.26 bits per heavy atom. The van der Waals surface area contributed by atoms with Crippen molar-refractivity contribution < 1.29 is 4.79 Å². The van der Waals surface area contributed by atoms with Gasteiger partial charge in [-0.1, -0.05) is 11.6 Å². The van der Waals surface area contributed by atoms with Gasteiger partial charge in [-0.3, -0.25) is 9.69 Å². The lowest BCUT2D eigenvalue weighted by Crippen LogP contribution is -2.33. The van der Waals surface area contributed by atoms with Gasteiger partial charge in [0.25, 0.3) is 0 Å². The molecule has 2 aliphatic heterocycles. The molecule has 0 radical (unpaired) electrons. The number of nitrogens with zero attached hydrogens (tertiary/aromatic N) is 1. The Hall–Kier alpha value is -1.10. The van der Waals surface area contributed by atoms with Gasteiger partial charge < -0.3 is 10.6 Å². The van der Waals surface area contributed by atoms with Gasteiger partial charge in [-0.2, -0.15) is 0 Å². The van der Waals surface area contributed by atoms with Crippen LogP contribution in [0.1, 0.15) is 0 Å². The molecule has 2 N–H and O–H groups in total. The fraction of sp³-hybridized carbons (Fsp3) is 0.500. The Bertz CT molecular complexity index is 450. The number of carbonyl (C=O) groups is 1. The number of carbonyl (C=O) groups excluding carboxylic acids is 1. The van der Waals surface area contributed by atoms with E-state index in [2.05, 4.69) is 15.5 Å². The summed E-state index contributed by atoms with van der Waals surface area (Å²) in [7, 11) is 0. The van der Waals surface area contributed by atoms with Crippen LogP contribution in [0.2, 0.25) is 5.02 Å². The number of benzene rings is 1. The standard InChI is InChI=1S/C14H18ClN3O/c15-12-1-3-13(4-2-12)17-14(19)9-18-7-10-5-16-6-11(10)8-18/h1-4,10-11,16H,5-9H2,(H,17,19)/t10-,11+. The fourth-order valence-corrected chi connectivity index (χ4v) is 3.14. The maximum absolute atomic E-state index is 12.0. The van der Waals surface area contributed by atoms with E-state index >= 15 is 0 Å². The van der Waals surface area contributed by atoms with Crippen molar-refractivity contribution in [1.82, 2.24) is 10.2 Å². The van der Waals surface area contributed by atoms with Crippen molar-refractivity contribution in [2.45, 2.75) is 0 Å². The third-order valence-electron chi connectivity index (χ3n) is 3.96. The third-order valence-corrected chi connectivity index (χ3v) is 4.21. The highest BCUT2D eigenvalue weighted by Gasteiger charge is 2.36. The van der Waals surface area contributed by atoms with Crippen LogP contribution in [0.3, 0.4) is 0 Å². The molecule has 2 saturated heterocycles. The summed E-state index contributed by atoms with van der Waals surface area (Å²) in [5, 5.41) is 6.99. The highest BCUT2D eigenvalue weighted by Crippen LogP contribution is 2.25. The van der Waals surface area contributed by atoms with E-state index in [0.717, 1.165) is 43.7 Å². The molecule has 0 saturated carbocycles. The molecule has 5 heteroatoms. The molecule has 2 fully saturated rings. The minimum absolute atomic E-state index is 0.0512. The molecule has 3 rings (SSSR count). The third kappa shape index (κ3) is 3.08. The Kier molecular flexibility index (Phi) is 3.73. The van der Waals surface area contributed by atoms with Gasteiger partial charge >= 0.3 is 0 Å². The summed E-state index contributed by atoms with van der Waals surface area (Å²) in [5.74, 6) is 1.50. The van der Waals surface area contributed by atoms with Gasteiger partial charge in [0.2, 0.25) is 5.91 Å². The molecule has 2 atom stereocenters. The van der Waals surface area contributed by atoms with E-state index in [1.807, 2.05) is 12.1 Å². The van der Waals surface area contributed by atoms with Gasteiger partial charge in [-0.25, -0.2) is 0 Å². The Morgan fingerprint density at radius 2 is 1.89 bits per heavy atom. The quantitative estimate of drug-likeness (QED) is 0.880. The van der Waals surface area contributed by atoms with Crippen molar-refractivity contribution in [3.05, 3.63) is 29.3 Å². The molecule has 0 spiro atoms. The molecule has 1 aromatic carbocycles. The average molecular weight is 280 g/mol. The minimum atomic E-state index is 0.0512. The van der Waals surface area contributed by atoms with Crippen LogP contribution in [0.4, 0.5) is 5.69 Å². The summed E-state index contributed by atoms with van der Waals surface area (Å²) >= 11 is 5.81. The van der Waals surface area contributed by atoms with Gasteiger partial charge in [0.05, 0.1) is 6.54 Å². The van der Waals surface area contributed by atoms with E-state index in [1.54, 1.807) is 12.1 Å². The van der Waals surface area contributed by atoms with Crippen LogP contribution in [0.25, 0.3) is 0 Å². The topological polar surface area (TPSA) is 44.4 Å².